The van der Waals surface area contributed by atoms with Gasteiger partial charge in [-0.15, -0.1) is 0 Å². The Morgan fingerprint density at radius 1 is 1.31 bits per heavy atom. The quantitative estimate of drug-likeness (QED) is 0.775. The third-order valence-corrected chi connectivity index (χ3v) is 1.98. The van der Waals surface area contributed by atoms with Crippen molar-refractivity contribution in [1.82, 2.24) is 0 Å². The molecule has 0 saturated carbocycles. The molecule has 1 rings (SSSR count). The van der Waals surface area contributed by atoms with E-state index in [-0.39, 0.29) is 5.54 Å². The van der Waals surface area contributed by atoms with E-state index in [4.69, 9.17) is 17.3 Å². The van der Waals surface area contributed by atoms with Crippen molar-refractivity contribution >= 4 is 11.6 Å². The second-order valence-corrected chi connectivity index (χ2v) is 4.74. The third-order valence-electron chi connectivity index (χ3n) is 1.76. The molecule has 0 unspecified atom stereocenters. The molecule has 0 aliphatic carbocycles. The van der Waals surface area contributed by atoms with Crippen LogP contribution in [0.1, 0.15) is 25.0 Å². The lowest BCUT2D eigenvalue weighted by molar-refractivity contribution is 0.516. The Kier molecular flexibility index (Phi) is 2.99. The van der Waals surface area contributed by atoms with Gasteiger partial charge in [0.25, 0.3) is 0 Å². The number of rotatable bonds is 2. The van der Waals surface area contributed by atoms with Gasteiger partial charge in [0.15, 0.2) is 0 Å². The van der Waals surface area contributed by atoms with Gasteiger partial charge in [-0.1, -0.05) is 17.7 Å². The van der Waals surface area contributed by atoms with Crippen LogP contribution in [0.15, 0.2) is 18.2 Å². The first-order valence-corrected chi connectivity index (χ1v) is 4.79. The summed E-state index contributed by atoms with van der Waals surface area (Å²) < 4.78 is 0. The molecule has 2 heteroatoms. The Morgan fingerprint density at radius 3 is 2.38 bits per heavy atom. The third kappa shape index (κ3) is 3.79. The maximum absolute atomic E-state index is 5.94. The molecule has 0 amide bonds. The molecular weight excluding hydrogens is 182 g/mol. The van der Waals surface area contributed by atoms with Crippen LogP contribution in [0.2, 0.25) is 5.02 Å². The minimum Gasteiger partial charge on any atom is -0.325 e. The van der Waals surface area contributed by atoms with Gasteiger partial charge in [-0.3, -0.25) is 0 Å². The van der Waals surface area contributed by atoms with E-state index in [1.165, 1.54) is 11.1 Å². The number of nitrogens with two attached hydrogens (primary N) is 1. The second-order valence-electron chi connectivity index (χ2n) is 4.30. The molecule has 0 bridgehead atoms. The van der Waals surface area contributed by atoms with Crippen LogP contribution in [0.5, 0.6) is 0 Å². The summed E-state index contributed by atoms with van der Waals surface area (Å²) in [5, 5.41) is 0.791. The van der Waals surface area contributed by atoms with Crippen molar-refractivity contribution in [3.05, 3.63) is 34.3 Å². The minimum absolute atomic E-state index is 0.170. The maximum atomic E-state index is 5.94. The van der Waals surface area contributed by atoms with E-state index in [1.54, 1.807) is 0 Å². The Morgan fingerprint density at radius 2 is 1.92 bits per heavy atom. The lowest BCUT2D eigenvalue weighted by Gasteiger charge is -2.18. The number of halogens is 1. The molecule has 0 fully saturated rings. The molecule has 0 aromatic heterocycles. The molecule has 1 aromatic rings. The topological polar surface area (TPSA) is 26.0 Å². The van der Waals surface area contributed by atoms with Crippen LogP contribution in [0, 0.1) is 6.92 Å². The average molecular weight is 198 g/mol. The smallest absolute Gasteiger partial charge is 0.0411 e. The molecule has 0 aliphatic heterocycles. The van der Waals surface area contributed by atoms with E-state index in [9.17, 15) is 0 Å². The summed E-state index contributed by atoms with van der Waals surface area (Å²) in [5.74, 6) is 0. The summed E-state index contributed by atoms with van der Waals surface area (Å²) in [5.41, 5.74) is 8.15. The van der Waals surface area contributed by atoms with E-state index < -0.39 is 0 Å². The lowest BCUT2D eigenvalue weighted by Crippen LogP contribution is -2.34. The first-order valence-electron chi connectivity index (χ1n) is 4.42. The van der Waals surface area contributed by atoms with E-state index in [2.05, 4.69) is 6.07 Å². The molecular formula is C11H16ClN. The van der Waals surface area contributed by atoms with Gasteiger partial charge in [0.1, 0.15) is 0 Å². The molecule has 0 heterocycles. The predicted molar refractivity (Wildman–Crippen MR) is 58.2 cm³/mol. The SMILES string of the molecule is Cc1cc(Cl)cc(CC(C)(C)N)c1. The summed E-state index contributed by atoms with van der Waals surface area (Å²) in [6.07, 6.45) is 0.856. The summed E-state index contributed by atoms with van der Waals surface area (Å²) in [6.45, 7) is 6.07. The van der Waals surface area contributed by atoms with Gasteiger partial charge in [-0.25, -0.2) is 0 Å². The van der Waals surface area contributed by atoms with Gasteiger partial charge in [0, 0.05) is 10.6 Å². The molecule has 1 aromatic carbocycles. The molecule has 0 spiro atoms. The Labute approximate surface area is 84.9 Å². The van der Waals surface area contributed by atoms with E-state index in [0.29, 0.717) is 0 Å². The summed E-state index contributed by atoms with van der Waals surface area (Å²) in [6, 6.07) is 6.05. The molecule has 0 saturated heterocycles. The zero-order valence-electron chi connectivity index (χ0n) is 8.39. The molecule has 2 N–H and O–H groups in total. The molecule has 0 atom stereocenters. The Hall–Kier alpha value is -0.530. The maximum Gasteiger partial charge on any atom is 0.0411 e. The highest BCUT2D eigenvalue weighted by atomic mass is 35.5. The van der Waals surface area contributed by atoms with Crippen LogP contribution in [0.3, 0.4) is 0 Å². The first kappa shape index (κ1) is 10.6. The van der Waals surface area contributed by atoms with Crippen molar-refractivity contribution in [2.45, 2.75) is 32.7 Å². The zero-order valence-corrected chi connectivity index (χ0v) is 9.15. The molecule has 1 nitrogen and oxygen atoms in total. The molecule has 0 aliphatic rings. The molecule has 72 valence electrons. The van der Waals surface area contributed by atoms with Gasteiger partial charge in [0.2, 0.25) is 0 Å². The van der Waals surface area contributed by atoms with E-state index in [1.807, 2.05) is 32.9 Å². The summed E-state index contributed by atoms with van der Waals surface area (Å²) >= 11 is 5.94. The zero-order chi connectivity index (χ0) is 10.1. The van der Waals surface area contributed by atoms with Crippen LogP contribution < -0.4 is 5.73 Å². The van der Waals surface area contributed by atoms with Crippen LogP contribution in [0.4, 0.5) is 0 Å². The predicted octanol–water partition coefficient (Wildman–Crippen LogP) is 2.93. The fourth-order valence-electron chi connectivity index (χ4n) is 1.44. The second kappa shape index (κ2) is 3.69. The van der Waals surface area contributed by atoms with Crippen LogP contribution in [-0.2, 0) is 6.42 Å². The monoisotopic (exact) mass is 197 g/mol. The average Bonchev–Trinajstić information content (AvgIpc) is 1.78. The first-order chi connectivity index (χ1) is 5.87. The van der Waals surface area contributed by atoms with Crippen molar-refractivity contribution in [2.24, 2.45) is 5.73 Å². The number of benzene rings is 1. The van der Waals surface area contributed by atoms with Crippen molar-refractivity contribution in [3.8, 4) is 0 Å². The number of hydrogen-bond acceptors (Lipinski definition) is 1. The normalized spacial score (nSPS) is 11.8. The molecule has 13 heavy (non-hydrogen) atoms. The Balaban J connectivity index is 2.90. The number of hydrogen-bond donors (Lipinski definition) is 1. The van der Waals surface area contributed by atoms with Crippen molar-refractivity contribution in [3.63, 3.8) is 0 Å². The number of aryl methyl sites for hydroxylation is 1. The fraction of sp³-hybridized carbons (Fsp3) is 0.455. The van der Waals surface area contributed by atoms with Crippen molar-refractivity contribution < 1.29 is 0 Å². The van der Waals surface area contributed by atoms with Crippen molar-refractivity contribution in [1.29, 1.82) is 0 Å². The highest BCUT2D eigenvalue weighted by molar-refractivity contribution is 6.30. The highest BCUT2D eigenvalue weighted by Gasteiger charge is 2.11. The minimum atomic E-state index is -0.170. The molecule has 0 radical (unpaired) electrons. The van der Waals surface area contributed by atoms with E-state index >= 15 is 0 Å². The van der Waals surface area contributed by atoms with Gasteiger partial charge in [0.05, 0.1) is 0 Å². The van der Waals surface area contributed by atoms with Gasteiger partial charge in [-0.2, -0.15) is 0 Å². The van der Waals surface area contributed by atoms with Crippen LogP contribution >= 0.6 is 11.6 Å². The fourth-order valence-corrected chi connectivity index (χ4v) is 1.75. The lowest BCUT2D eigenvalue weighted by atomic mass is 9.95. The summed E-state index contributed by atoms with van der Waals surface area (Å²) in [4.78, 5) is 0. The Bertz CT molecular complexity index is 279. The standard InChI is InChI=1S/C11H16ClN/c1-8-4-9(6-10(12)5-8)7-11(2,3)13/h4-6H,7,13H2,1-3H3. The van der Waals surface area contributed by atoms with Gasteiger partial charge < -0.3 is 5.73 Å². The van der Waals surface area contributed by atoms with Crippen LogP contribution in [0.25, 0.3) is 0 Å². The largest absolute Gasteiger partial charge is 0.325 e. The van der Waals surface area contributed by atoms with Crippen LogP contribution in [-0.4, -0.2) is 5.54 Å². The van der Waals surface area contributed by atoms with Gasteiger partial charge >= 0.3 is 0 Å². The van der Waals surface area contributed by atoms with Crippen molar-refractivity contribution in [2.75, 3.05) is 0 Å². The highest BCUT2D eigenvalue weighted by Crippen LogP contribution is 2.17. The summed E-state index contributed by atoms with van der Waals surface area (Å²) in [7, 11) is 0. The van der Waals surface area contributed by atoms with Gasteiger partial charge in [-0.05, 0) is 50.5 Å². The van der Waals surface area contributed by atoms with E-state index in [0.717, 1.165) is 11.4 Å².